The Hall–Kier alpha value is -3.41. The van der Waals surface area contributed by atoms with E-state index in [0.29, 0.717) is 17.5 Å². The average Bonchev–Trinajstić information content (AvgIpc) is 3.17. The summed E-state index contributed by atoms with van der Waals surface area (Å²) in [6.07, 6.45) is 4.88. The Morgan fingerprint density at radius 1 is 0.903 bits per heavy atom. The van der Waals surface area contributed by atoms with Gasteiger partial charge in [0.2, 0.25) is 5.91 Å². The average molecular weight is 418 g/mol. The molecule has 1 aliphatic rings. The summed E-state index contributed by atoms with van der Waals surface area (Å²) in [6.45, 7) is 2.10. The number of aromatic nitrogens is 1. The summed E-state index contributed by atoms with van der Waals surface area (Å²) >= 11 is 0. The van der Waals surface area contributed by atoms with Gasteiger partial charge in [0.05, 0.1) is 5.56 Å². The number of para-hydroxylation sites is 1. The minimum absolute atomic E-state index is 0.0481. The topological polar surface area (TPSA) is 62.6 Å². The van der Waals surface area contributed by atoms with E-state index in [1.54, 1.807) is 17.8 Å². The van der Waals surface area contributed by atoms with E-state index >= 15 is 0 Å². The van der Waals surface area contributed by atoms with Gasteiger partial charge in [0, 0.05) is 43.8 Å². The van der Waals surface area contributed by atoms with E-state index in [1.807, 2.05) is 59.5 Å². The molecule has 2 amide bonds. The first-order valence-electron chi connectivity index (χ1n) is 10.7. The van der Waals surface area contributed by atoms with Crippen LogP contribution >= 0.6 is 0 Å². The van der Waals surface area contributed by atoms with Crippen LogP contribution in [0.3, 0.4) is 0 Å². The van der Waals surface area contributed by atoms with Gasteiger partial charge in [0.15, 0.2) is 0 Å². The van der Waals surface area contributed by atoms with Crippen molar-refractivity contribution in [1.82, 2.24) is 14.4 Å². The highest BCUT2D eigenvalue weighted by atomic mass is 16.2. The number of amides is 2. The minimum Gasteiger partial charge on any atom is -0.341 e. The van der Waals surface area contributed by atoms with Gasteiger partial charge in [-0.05, 0) is 30.9 Å². The van der Waals surface area contributed by atoms with Crippen LogP contribution in [0.25, 0.3) is 10.9 Å². The quantitative estimate of drug-likeness (QED) is 0.456. The molecule has 6 nitrogen and oxygen atoms in total. The molecular formula is C25H27N3O3. The summed E-state index contributed by atoms with van der Waals surface area (Å²) in [5.41, 5.74) is 2.09. The Labute approximate surface area is 182 Å². The highest BCUT2D eigenvalue weighted by molar-refractivity contribution is 6.44. The van der Waals surface area contributed by atoms with Gasteiger partial charge in [-0.25, -0.2) is 0 Å². The van der Waals surface area contributed by atoms with Crippen molar-refractivity contribution in [3.05, 3.63) is 71.9 Å². The molecule has 2 aromatic carbocycles. The minimum atomic E-state index is -0.561. The molecule has 4 rings (SSSR count). The lowest BCUT2D eigenvalue weighted by Crippen LogP contribution is -2.37. The first-order valence-corrected chi connectivity index (χ1v) is 10.7. The number of hydrogen-bond donors (Lipinski definition) is 0. The van der Waals surface area contributed by atoms with E-state index in [-0.39, 0.29) is 12.5 Å². The molecule has 2 heterocycles. The summed E-state index contributed by atoms with van der Waals surface area (Å²) in [4.78, 5) is 42.1. The number of ketones is 1. The van der Waals surface area contributed by atoms with E-state index in [4.69, 9.17) is 0 Å². The van der Waals surface area contributed by atoms with Crippen molar-refractivity contribution in [3.8, 4) is 0 Å². The van der Waals surface area contributed by atoms with Gasteiger partial charge in [-0.1, -0.05) is 48.5 Å². The number of Topliss-reactive ketones (excluding diaryl/α,β-unsaturated/α-hetero) is 1. The van der Waals surface area contributed by atoms with Crippen LogP contribution in [0.4, 0.5) is 0 Å². The molecule has 1 fully saturated rings. The van der Waals surface area contributed by atoms with Crippen LogP contribution in [-0.2, 0) is 22.7 Å². The number of nitrogens with zero attached hydrogens (tertiary/aromatic N) is 3. The monoisotopic (exact) mass is 417 g/mol. The normalized spacial score (nSPS) is 13.9. The molecule has 6 heteroatoms. The van der Waals surface area contributed by atoms with E-state index in [1.165, 1.54) is 4.90 Å². The molecule has 0 aliphatic carbocycles. The second-order valence-electron chi connectivity index (χ2n) is 8.11. The molecule has 3 aromatic rings. The van der Waals surface area contributed by atoms with Gasteiger partial charge in [-0.15, -0.1) is 0 Å². The van der Waals surface area contributed by atoms with Crippen molar-refractivity contribution in [2.45, 2.75) is 32.4 Å². The smallest absolute Gasteiger partial charge is 0.295 e. The Kier molecular flexibility index (Phi) is 6.16. The first-order chi connectivity index (χ1) is 15.0. The summed E-state index contributed by atoms with van der Waals surface area (Å²) in [5, 5.41) is 0.695. The number of fused-ring (bicyclic) bond motifs is 1. The molecule has 0 unspecified atom stereocenters. The Balaban J connectivity index is 1.56. The molecule has 1 aromatic heterocycles. The molecule has 0 saturated carbocycles. The third kappa shape index (κ3) is 4.53. The molecule has 1 saturated heterocycles. The van der Waals surface area contributed by atoms with E-state index in [2.05, 4.69) is 0 Å². The molecule has 160 valence electrons. The van der Waals surface area contributed by atoms with Gasteiger partial charge in [0.1, 0.15) is 6.54 Å². The van der Waals surface area contributed by atoms with Crippen LogP contribution < -0.4 is 0 Å². The van der Waals surface area contributed by atoms with E-state index < -0.39 is 11.7 Å². The lowest BCUT2D eigenvalue weighted by atomic mass is 10.1. The second-order valence-corrected chi connectivity index (χ2v) is 8.11. The van der Waals surface area contributed by atoms with Crippen molar-refractivity contribution in [2.75, 3.05) is 20.1 Å². The summed E-state index contributed by atoms with van der Waals surface area (Å²) in [7, 11) is 1.63. The van der Waals surface area contributed by atoms with Gasteiger partial charge < -0.3 is 14.4 Å². The van der Waals surface area contributed by atoms with Gasteiger partial charge >= 0.3 is 0 Å². The van der Waals surface area contributed by atoms with Crippen LogP contribution in [0.1, 0.15) is 35.2 Å². The lowest BCUT2D eigenvalue weighted by molar-refractivity contribution is -0.132. The maximum atomic E-state index is 13.1. The van der Waals surface area contributed by atoms with Crippen LogP contribution in [0.5, 0.6) is 0 Å². The van der Waals surface area contributed by atoms with Crippen LogP contribution in [0, 0.1) is 0 Å². The zero-order chi connectivity index (χ0) is 21.8. The maximum absolute atomic E-state index is 13.1. The number of carbonyl (C=O) groups excluding carboxylic acids is 3. The van der Waals surface area contributed by atoms with Crippen molar-refractivity contribution < 1.29 is 14.4 Å². The summed E-state index contributed by atoms with van der Waals surface area (Å²) in [6, 6.07) is 17.0. The standard InChI is InChI=1S/C25H27N3O3/c1-26(16-19-10-4-2-5-11-19)25(31)24(30)21-17-28(22-13-7-6-12-20(21)22)18-23(29)27-14-8-3-9-15-27/h2,4-7,10-13,17H,3,8-9,14-16,18H2,1H3. The molecule has 0 atom stereocenters. The van der Waals surface area contributed by atoms with Crippen molar-refractivity contribution in [1.29, 1.82) is 0 Å². The van der Waals surface area contributed by atoms with Crippen LogP contribution in [0.15, 0.2) is 60.8 Å². The number of benzene rings is 2. The zero-order valence-electron chi connectivity index (χ0n) is 17.8. The van der Waals surface area contributed by atoms with E-state index in [0.717, 1.165) is 43.4 Å². The van der Waals surface area contributed by atoms with Crippen molar-refractivity contribution in [2.24, 2.45) is 0 Å². The third-order valence-electron chi connectivity index (χ3n) is 5.85. The zero-order valence-corrected chi connectivity index (χ0v) is 17.8. The van der Waals surface area contributed by atoms with E-state index in [9.17, 15) is 14.4 Å². The number of carbonyl (C=O) groups is 3. The SMILES string of the molecule is CN(Cc1ccccc1)C(=O)C(=O)c1cn(CC(=O)N2CCCCC2)c2ccccc12. The number of piperidine rings is 1. The Bertz CT molecular complexity index is 1100. The highest BCUT2D eigenvalue weighted by Crippen LogP contribution is 2.23. The predicted octanol–water partition coefficient (Wildman–Crippen LogP) is 3.50. The molecule has 0 bridgehead atoms. The fourth-order valence-electron chi connectivity index (χ4n) is 4.17. The Morgan fingerprint density at radius 2 is 1.58 bits per heavy atom. The van der Waals surface area contributed by atoms with Gasteiger partial charge in [-0.2, -0.15) is 0 Å². The Morgan fingerprint density at radius 3 is 2.32 bits per heavy atom. The largest absolute Gasteiger partial charge is 0.341 e. The number of rotatable bonds is 6. The summed E-state index contributed by atoms with van der Waals surface area (Å²) in [5.74, 6) is -1.07. The molecule has 0 radical (unpaired) electrons. The van der Waals surface area contributed by atoms with Crippen LogP contribution in [-0.4, -0.2) is 52.1 Å². The lowest BCUT2D eigenvalue weighted by Gasteiger charge is -2.27. The molecule has 0 spiro atoms. The molecule has 0 N–H and O–H groups in total. The summed E-state index contributed by atoms with van der Waals surface area (Å²) < 4.78 is 1.80. The number of likely N-dealkylation sites (tertiary alicyclic amines) is 1. The fourth-order valence-corrected chi connectivity index (χ4v) is 4.17. The fraction of sp³-hybridized carbons (Fsp3) is 0.320. The predicted molar refractivity (Wildman–Crippen MR) is 120 cm³/mol. The van der Waals surface area contributed by atoms with Gasteiger partial charge in [-0.3, -0.25) is 14.4 Å². The highest BCUT2D eigenvalue weighted by Gasteiger charge is 2.25. The van der Waals surface area contributed by atoms with Crippen LogP contribution in [0.2, 0.25) is 0 Å². The number of likely N-dealkylation sites (N-methyl/N-ethyl adjacent to an activating group) is 1. The molecule has 1 aliphatic heterocycles. The molecular weight excluding hydrogens is 390 g/mol. The molecule has 31 heavy (non-hydrogen) atoms. The van der Waals surface area contributed by atoms with Gasteiger partial charge in [0.25, 0.3) is 11.7 Å². The maximum Gasteiger partial charge on any atom is 0.295 e. The number of hydrogen-bond acceptors (Lipinski definition) is 3. The third-order valence-corrected chi connectivity index (χ3v) is 5.85. The second kappa shape index (κ2) is 9.16. The van der Waals surface area contributed by atoms with Crippen molar-refractivity contribution >= 4 is 28.5 Å². The van der Waals surface area contributed by atoms with Crippen molar-refractivity contribution in [3.63, 3.8) is 0 Å². The first kappa shape index (κ1) is 20.8.